The van der Waals surface area contributed by atoms with Crippen LogP contribution in [0.25, 0.3) is 0 Å². The molecule has 0 amide bonds. The monoisotopic (exact) mass is 333 g/mol. The summed E-state index contributed by atoms with van der Waals surface area (Å²) in [6.45, 7) is 0.247. The smallest absolute Gasteiger partial charge is 0.272 e. The SMILES string of the molecule is O=[N+]([O-])c1cc(Cl)c(NCc2nc(CO)cs2)c(Cl)c1. The molecule has 2 N–H and O–H groups in total. The molecule has 1 aromatic carbocycles. The number of nitrogens with one attached hydrogen (secondary N) is 1. The van der Waals surface area contributed by atoms with Gasteiger partial charge in [-0.1, -0.05) is 23.2 Å². The maximum Gasteiger partial charge on any atom is 0.272 e. The Morgan fingerprint density at radius 1 is 1.40 bits per heavy atom. The molecule has 0 fully saturated rings. The standard InChI is InChI=1S/C11H9Cl2N3O3S/c12-8-1-7(16(18)19)2-9(13)11(8)14-3-10-15-6(4-17)5-20-10/h1-2,5,14,17H,3-4H2. The van der Waals surface area contributed by atoms with Crippen LogP contribution in [0.1, 0.15) is 10.7 Å². The molecule has 0 atom stereocenters. The van der Waals surface area contributed by atoms with E-state index in [1.807, 2.05) is 0 Å². The van der Waals surface area contributed by atoms with Crippen molar-refractivity contribution in [3.8, 4) is 0 Å². The van der Waals surface area contributed by atoms with Gasteiger partial charge < -0.3 is 10.4 Å². The lowest BCUT2D eigenvalue weighted by Crippen LogP contribution is -2.01. The molecule has 0 unspecified atom stereocenters. The summed E-state index contributed by atoms with van der Waals surface area (Å²) in [5.41, 5.74) is 0.842. The van der Waals surface area contributed by atoms with Crippen molar-refractivity contribution in [2.75, 3.05) is 5.32 Å². The van der Waals surface area contributed by atoms with Crippen molar-refractivity contribution in [1.82, 2.24) is 4.98 Å². The summed E-state index contributed by atoms with van der Waals surface area (Å²) in [6, 6.07) is 2.47. The van der Waals surface area contributed by atoms with Crippen LogP contribution in [-0.2, 0) is 13.2 Å². The minimum absolute atomic E-state index is 0.116. The first kappa shape index (κ1) is 15.0. The van der Waals surface area contributed by atoms with Gasteiger partial charge in [-0.2, -0.15) is 0 Å². The number of aliphatic hydroxyl groups excluding tert-OH is 1. The number of hydrogen-bond donors (Lipinski definition) is 2. The van der Waals surface area contributed by atoms with Crippen molar-refractivity contribution >= 4 is 45.9 Å². The lowest BCUT2D eigenvalue weighted by Gasteiger charge is -2.08. The van der Waals surface area contributed by atoms with E-state index in [4.69, 9.17) is 28.3 Å². The molecular weight excluding hydrogens is 325 g/mol. The fraction of sp³-hybridized carbons (Fsp3) is 0.182. The maximum atomic E-state index is 10.7. The Morgan fingerprint density at radius 3 is 2.55 bits per heavy atom. The predicted molar refractivity (Wildman–Crippen MR) is 78.5 cm³/mol. The molecular formula is C11H9Cl2N3O3S. The van der Waals surface area contributed by atoms with E-state index in [2.05, 4.69) is 10.3 Å². The number of anilines is 1. The number of benzene rings is 1. The van der Waals surface area contributed by atoms with Crippen LogP contribution in [-0.4, -0.2) is 15.0 Å². The van der Waals surface area contributed by atoms with E-state index in [-0.39, 0.29) is 22.3 Å². The Bertz CT molecular complexity index is 625. The summed E-state index contributed by atoms with van der Waals surface area (Å²) in [5.74, 6) is 0. The molecule has 6 nitrogen and oxygen atoms in total. The van der Waals surface area contributed by atoms with Crippen molar-refractivity contribution in [2.24, 2.45) is 0 Å². The number of nitro groups is 1. The molecule has 1 aromatic heterocycles. The third kappa shape index (κ3) is 3.37. The van der Waals surface area contributed by atoms with Crippen LogP contribution < -0.4 is 5.32 Å². The second-order valence-electron chi connectivity index (χ2n) is 3.79. The molecule has 1 heterocycles. The van der Waals surface area contributed by atoms with Crippen LogP contribution in [0.3, 0.4) is 0 Å². The lowest BCUT2D eigenvalue weighted by molar-refractivity contribution is -0.384. The number of aliphatic hydroxyl groups is 1. The molecule has 2 aromatic rings. The van der Waals surface area contributed by atoms with Gasteiger partial charge in [-0.05, 0) is 0 Å². The van der Waals surface area contributed by atoms with Crippen LogP contribution in [0.4, 0.5) is 11.4 Å². The van der Waals surface area contributed by atoms with Crippen LogP contribution in [0.2, 0.25) is 10.0 Å². The van der Waals surface area contributed by atoms with Gasteiger partial charge in [0.2, 0.25) is 0 Å². The van der Waals surface area contributed by atoms with Crippen molar-refractivity contribution in [2.45, 2.75) is 13.2 Å². The quantitative estimate of drug-likeness (QED) is 0.646. The van der Waals surface area contributed by atoms with Crippen LogP contribution >= 0.6 is 34.5 Å². The first-order chi connectivity index (χ1) is 9.51. The van der Waals surface area contributed by atoms with Gasteiger partial charge in [0.05, 0.1) is 39.5 Å². The zero-order chi connectivity index (χ0) is 14.7. The normalized spacial score (nSPS) is 10.6. The first-order valence-corrected chi connectivity index (χ1v) is 7.06. The molecule has 9 heteroatoms. The summed E-state index contributed by atoms with van der Waals surface area (Å²) in [6.07, 6.45) is 0. The largest absolute Gasteiger partial charge is 0.390 e. The average Bonchev–Trinajstić information content (AvgIpc) is 2.85. The Kier molecular flexibility index (Phi) is 4.77. The van der Waals surface area contributed by atoms with Gasteiger partial charge >= 0.3 is 0 Å². The van der Waals surface area contributed by atoms with Gasteiger partial charge in [-0.3, -0.25) is 10.1 Å². The molecule has 0 spiro atoms. The van der Waals surface area contributed by atoms with Crippen LogP contribution in [0.5, 0.6) is 0 Å². The average molecular weight is 334 g/mol. The highest BCUT2D eigenvalue weighted by molar-refractivity contribution is 7.09. The summed E-state index contributed by atoms with van der Waals surface area (Å²) >= 11 is 13.3. The van der Waals surface area contributed by atoms with Crippen LogP contribution in [0.15, 0.2) is 17.5 Å². The van der Waals surface area contributed by atoms with E-state index >= 15 is 0 Å². The zero-order valence-electron chi connectivity index (χ0n) is 9.97. The van der Waals surface area contributed by atoms with Gasteiger partial charge in [0.25, 0.3) is 5.69 Å². The van der Waals surface area contributed by atoms with Crippen molar-refractivity contribution in [1.29, 1.82) is 0 Å². The summed E-state index contributed by atoms with van der Waals surface area (Å²) in [7, 11) is 0. The molecule has 106 valence electrons. The fourth-order valence-electron chi connectivity index (χ4n) is 1.50. The van der Waals surface area contributed by atoms with E-state index < -0.39 is 4.92 Å². The molecule has 0 aliphatic heterocycles. The van der Waals surface area contributed by atoms with Gasteiger partial charge in [-0.25, -0.2) is 4.98 Å². The van der Waals surface area contributed by atoms with E-state index in [0.717, 1.165) is 5.01 Å². The summed E-state index contributed by atoms with van der Waals surface area (Å²) < 4.78 is 0. The third-order valence-corrected chi connectivity index (χ3v) is 3.91. The number of nitrogens with zero attached hydrogens (tertiary/aromatic N) is 2. The highest BCUT2D eigenvalue weighted by Crippen LogP contribution is 2.35. The van der Waals surface area contributed by atoms with E-state index in [1.165, 1.54) is 23.5 Å². The van der Waals surface area contributed by atoms with Crippen molar-refractivity contribution < 1.29 is 10.0 Å². The Hall–Kier alpha value is -1.41. The number of hydrogen-bond acceptors (Lipinski definition) is 6. The van der Waals surface area contributed by atoms with Gasteiger partial charge in [0, 0.05) is 17.5 Å². The topological polar surface area (TPSA) is 88.3 Å². The highest BCUT2D eigenvalue weighted by atomic mass is 35.5. The molecule has 0 bridgehead atoms. The number of halogens is 2. The Morgan fingerprint density at radius 2 is 2.05 bits per heavy atom. The molecule has 0 aliphatic rings. The highest BCUT2D eigenvalue weighted by Gasteiger charge is 2.14. The minimum Gasteiger partial charge on any atom is -0.390 e. The number of aromatic nitrogens is 1. The summed E-state index contributed by atoms with van der Waals surface area (Å²) in [5, 5.41) is 25.4. The van der Waals surface area contributed by atoms with E-state index in [0.29, 0.717) is 17.9 Å². The molecule has 0 saturated heterocycles. The van der Waals surface area contributed by atoms with E-state index in [1.54, 1.807) is 5.38 Å². The zero-order valence-corrected chi connectivity index (χ0v) is 12.3. The van der Waals surface area contributed by atoms with Crippen molar-refractivity contribution in [3.05, 3.63) is 48.4 Å². The fourth-order valence-corrected chi connectivity index (χ4v) is 2.83. The minimum atomic E-state index is -0.560. The molecule has 2 rings (SSSR count). The summed E-state index contributed by atoms with van der Waals surface area (Å²) in [4.78, 5) is 14.3. The number of rotatable bonds is 5. The number of thiazole rings is 1. The molecule has 0 radical (unpaired) electrons. The van der Waals surface area contributed by atoms with E-state index in [9.17, 15) is 10.1 Å². The lowest BCUT2D eigenvalue weighted by atomic mass is 10.3. The number of non-ortho nitro benzene ring substituents is 1. The predicted octanol–water partition coefficient (Wildman–Crippen LogP) is 3.46. The van der Waals surface area contributed by atoms with Gasteiger partial charge in [0.15, 0.2) is 0 Å². The third-order valence-electron chi connectivity index (χ3n) is 2.42. The molecule has 20 heavy (non-hydrogen) atoms. The molecule has 0 aliphatic carbocycles. The Balaban J connectivity index is 2.15. The number of nitro benzene ring substituents is 1. The molecule has 0 saturated carbocycles. The van der Waals surface area contributed by atoms with Crippen molar-refractivity contribution in [3.63, 3.8) is 0 Å². The first-order valence-electron chi connectivity index (χ1n) is 5.42. The van der Waals surface area contributed by atoms with Gasteiger partial charge in [-0.15, -0.1) is 11.3 Å². The van der Waals surface area contributed by atoms with Gasteiger partial charge in [0.1, 0.15) is 5.01 Å². The second kappa shape index (κ2) is 6.36. The van der Waals surface area contributed by atoms with Crippen LogP contribution in [0, 0.1) is 10.1 Å². The Labute approximate surface area is 128 Å². The second-order valence-corrected chi connectivity index (χ2v) is 5.54. The maximum absolute atomic E-state index is 10.7.